The van der Waals surface area contributed by atoms with Gasteiger partial charge >= 0.3 is 24.4 Å². The molecular formula is C33H20Cl2F6N4O4. The number of anilines is 4. The van der Waals surface area contributed by atoms with Crippen molar-refractivity contribution in [2.24, 2.45) is 0 Å². The lowest BCUT2D eigenvalue weighted by molar-refractivity contribution is -0.288. The average molecular weight is 721 g/mol. The van der Waals surface area contributed by atoms with Crippen molar-refractivity contribution >= 4 is 69.8 Å². The number of carbonyl (C=O) groups is 4. The molecule has 2 saturated heterocycles. The third-order valence-electron chi connectivity index (χ3n) is 8.17. The molecule has 2 aliphatic heterocycles. The largest absolute Gasteiger partial charge is 0.411 e. The molecule has 4 aromatic carbocycles. The molecular weight excluding hydrogens is 701 g/mol. The van der Waals surface area contributed by atoms with Gasteiger partial charge in [-0.2, -0.15) is 26.3 Å². The van der Waals surface area contributed by atoms with Crippen molar-refractivity contribution in [1.82, 2.24) is 0 Å². The predicted molar refractivity (Wildman–Crippen MR) is 169 cm³/mol. The van der Waals surface area contributed by atoms with Gasteiger partial charge in [-0.3, -0.25) is 19.4 Å². The lowest BCUT2D eigenvalue weighted by Crippen LogP contribution is -2.54. The van der Waals surface area contributed by atoms with Crippen LogP contribution < -0.4 is 19.6 Å². The standard InChI is InChI=1S/C33H20Cl2F6N4O4/c34-21-5-13-23(14-6-21)42-17-27(46)44(29(42)48)25-9-1-19(2-10-25)31(32(36,37)38,33(39,40)41)20-3-11-26(12-4-20)45-28(47)18-43(30(45)49)24-15-7-22(35)8-16-24/h1-16H,17-18H2. The van der Waals surface area contributed by atoms with E-state index in [9.17, 15) is 45.5 Å². The van der Waals surface area contributed by atoms with Gasteiger partial charge in [0.05, 0.1) is 11.4 Å². The summed E-state index contributed by atoms with van der Waals surface area (Å²) < 4.78 is 89.0. The predicted octanol–water partition coefficient (Wildman–Crippen LogP) is 8.35. The van der Waals surface area contributed by atoms with Crippen molar-refractivity contribution in [3.05, 3.63) is 118 Å². The Kier molecular flexibility index (Phi) is 8.35. The van der Waals surface area contributed by atoms with Crippen LogP contribution in [-0.4, -0.2) is 49.3 Å². The molecule has 0 unspecified atom stereocenters. The Balaban J connectivity index is 1.34. The van der Waals surface area contributed by atoms with E-state index in [2.05, 4.69) is 0 Å². The minimum absolute atomic E-state index is 0.250. The smallest absolute Gasteiger partial charge is 0.284 e. The first-order valence-electron chi connectivity index (χ1n) is 14.2. The number of hydrogen-bond acceptors (Lipinski definition) is 4. The lowest BCUT2D eigenvalue weighted by Gasteiger charge is -2.38. The Labute approximate surface area is 283 Å². The first kappa shape index (κ1) is 33.8. The fraction of sp³-hybridized carbons (Fsp3) is 0.152. The van der Waals surface area contributed by atoms with Crippen molar-refractivity contribution in [3.8, 4) is 0 Å². The van der Waals surface area contributed by atoms with Crippen molar-refractivity contribution in [2.75, 3.05) is 32.7 Å². The molecule has 252 valence electrons. The maximum atomic E-state index is 14.8. The minimum Gasteiger partial charge on any atom is -0.284 e. The Morgan fingerprint density at radius 3 is 1.02 bits per heavy atom. The van der Waals surface area contributed by atoms with Crippen LogP contribution in [0, 0.1) is 0 Å². The number of urea groups is 2. The Bertz CT molecular complexity index is 1810. The highest BCUT2D eigenvalue weighted by molar-refractivity contribution is 6.31. The van der Waals surface area contributed by atoms with E-state index < -0.39 is 65.9 Å². The van der Waals surface area contributed by atoms with Gasteiger partial charge in [-0.25, -0.2) is 19.4 Å². The number of hydrogen-bond donors (Lipinski definition) is 0. The van der Waals surface area contributed by atoms with E-state index >= 15 is 0 Å². The molecule has 0 aromatic heterocycles. The highest BCUT2D eigenvalue weighted by atomic mass is 35.5. The number of amides is 6. The first-order valence-corrected chi connectivity index (χ1v) is 14.9. The van der Waals surface area contributed by atoms with Crippen LogP contribution in [0.15, 0.2) is 97.1 Å². The van der Waals surface area contributed by atoms with Crippen LogP contribution in [-0.2, 0) is 15.0 Å². The minimum atomic E-state index is -5.95. The maximum absolute atomic E-state index is 14.8. The molecule has 4 aromatic rings. The molecule has 0 bridgehead atoms. The zero-order valence-electron chi connectivity index (χ0n) is 24.6. The summed E-state index contributed by atoms with van der Waals surface area (Å²) in [5.74, 6) is -1.52. The molecule has 6 amide bonds. The molecule has 0 spiro atoms. The van der Waals surface area contributed by atoms with Crippen molar-refractivity contribution in [3.63, 3.8) is 0 Å². The van der Waals surface area contributed by atoms with E-state index in [1.165, 1.54) is 48.5 Å². The summed E-state index contributed by atoms with van der Waals surface area (Å²) in [4.78, 5) is 55.2. The normalized spacial score (nSPS) is 16.0. The van der Waals surface area contributed by atoms with Gasteiger partial charge in [-0.15, -0.1) is 0 Å². The first-order chi connectivity index (χ1) is 23.0. The third-order valence-corrected chi connectivity index (χ3v) is 8.68. The van der Waals surface area contributed by atoms with Gasteiger partial charge in [0.25, 0.3) is 11.8 Å². The summed E-state index contributed by atoms with van der Waals surface area (Å²) in [5.41, 5.74) is -6.98. The van der Waals surface area contributed by atoms with Gasteiger partial charge in [0.1, 0.15) is 13.1 Å². The Hall–Kier alpha value is -5.08. The van der Waals surface area contributed by atoms with Crippen molar-refractivity contribution in [2.45, 2.75) is 17.8 Å². The fourth-order valence-corrected chi connectivity index (χ4v) is 6.11. The molecule has 49 heavy (non-hydrogen) atoms. The average Bonchev–Trinajstić information content (AvgIpc) is 3.50. The number of nitrogens with zero attached hydrogens (tertiary/aromatic N) is 4. The molecule has 0 N–H and O–H groups in total. The van der Waals surface area contributed by atoms with E-state index in [0.717, 1.165) is 34.1 Å². The maximum Gasteiger partial charge on any atom is 0.411 e. The third kappa shape index (κ3) is 5.64. The van der Waals surface area contributed by atoms with Gasteiger partial charge in [-0.05, 0) is 83.9 Å². The topological polar surface area (TPSA) is 81.2 Å². The number of halogens is 8. The van der Waals surface area contributed by atoms with E-state index in [0.29, 0.717) is 55.5 Å². The monoisotopic (exact) mass is 720 g/mol. The summed E-state index contributed by atoms with van der Waals surface area (Å²) in [5, 5.41) is 0.723. The van der Waals surface area contributed by atoms with E-state index in [-0.39, 0.29) is 11.4 Å². The van der Waals surface area contributed by atoms with Crippen LogP contribution in [0.4, 0.5) is 58.7 Å². The van der Waals surface area contributed by atoms with Gasteiger partial charge in [0, 0.05) is 21.4 Å². The van der Waals surface area contributed by atoms with Gasteiger partial charge in [0.2, 0.25) is 5.41 Å². The van der Waals surface area contributed by atoms with Gasteiger partial charge in [0.15, 0.2) is 0 Å². The second-order valence-electron chi connectivity index (χ2n) is 11.0. The van der Waals surface area contributed by atoms with Crippen LogP contribution in [0.25, 0.3) is 0 Å². The molecule has 0 saturated carbocycles. The summed E-state index contributed by atoms with van der Waals surface area (Å²) in [6, 6.07) is 15.5. The Morgan fingerprint density at radius 2 is 0.735 bits per heavy atom. The second-order valence-corrected chi connectivity index (χ2v) is 11.9. The number of rotatable bonds is 6. The highest BCUT2D eigenvalue weighted by Crippen LogP contribution is 2.56. The van der Waals surface area contributed by atoms with E-state index in [4.69, 9.17) is 23.2 Å². The lowest BCUT2D eigenvalue weighted by atomic mass is 9.73. The fourth-order valence-electron chi connectivity index (χ4n) is 5.86. The SMILES string of the molecule is O=C1CN(c2ccc(Cl)cc2)C(=O)N1c1ccc(C(c2ccc(N3C(=O)CN(c4ccc(Cl)cc4)C3=O)cc2)(C(F)(F)F)C(F)(F)F)cc1. The molecule has 0 atom stereocenters. The quantitative estimate of drug-likeness (QED) is 0.148. The molecule has 0 radical (unpaired) electrons. The van der Waals surface area contributed by atoms with E-state index in [1.54, 1.807) is 0 Å². The van der Waals surface area contributed by atoms with E-state index in [1.807, 2.05) is 0 Å². The van der Waals surface area contributed by atoms with Crippen LogP contribution in [0.1, 0.15) is 11.1 Å². The number of carbonyl (C=O) groups excluding carboxylic acids is 4. The molecule has 2 heterocycles. The second kappa shape index (κ2) is 12.1. The van der Waals surface area contributed by atoms with Crippen LogP contribution in [0.2, 0.25) is 10.0 Å². The molecule has 8 nitrogen and oxygen atoms in total. The zero-order chi connectivity index (χ0) is 35.5. The molecule has 2 aliphatic rings. The number of imide groups is 2. The summed E-state index contributed by atoms with van der Waals surface area (Å²) in [7, 11) is 0. The molecule has 6 rings (SSSR count). The molecule has 2 fully saturated rings. The Morgan fingerprint density at radius 1 is 0.449 bits per heavy atom. The zero-order valence-corrected chi connectivity index (χ0v) is 26.1. The van der Waals surface area contributed by atoms with Gasteiger partial charge in [-0.1, -0.05) is 47.5 Å². The molecule has 16 heteroatoms. The van der Waals surface area contributed by atoms with Crippen LogP contribution >= 0.6 is 23.2 Å². The van der Waals surface area contributed by atoms with Crippen LogP contribution in [0.3, 0.4) is 0 Å². The summed E-state index contributed by atoms with van der Waals surface area (Å²) in [6.45, 7) is -0.855. The number of benzene rings is 4. The summed E-state index contributed by atoms with van der Waals surface area (Å²) in [6.07, 6.45) is -11.9. The van der Waals surface area contributed by atoms with Crippen molar-refractivity contribution in [1.29, 1.82) is 0 Å². The van der Waals surface area contributed by atoms with Crippen molar-refractivity contribution < 1.29 is 45.5 Å². The number of alkyl halides is 6. The highest BCUT2D eigenvalue weighted by Gasteiger charge is 2.72. The summed E-state index contributed by atoms with van der Waals surface area (Å²) >= 11 is 11.7. The van der Waals surface area contributed by atoms with Gasteiger partial charge < -0.3 is 0 Å². The van der Waals surface area contributed by atoms with Crippen LogP contribution in [0.5, 0.6) is 0 Å². The molecule has 0 aliphatic carbocycles.